The third-order valence-electron chi connectivity index (χ3n) is 3.38. The van der Waals surface area contributed by atoms with E-state index in [0.717, 1.165) is 0 Å². The van der Waals surface area contributed by atoms with Crippen molar-refractivity contribution in [3.05, 3.63) is 46.6 Å². The van der Waals surface area contributed by atoms with Gasteiger partial charge in [0.15, 0.2) is 23.1 Å². The summed E-state index contributed by atoms with van der Waals surface area (Å²) >= 11 is 6.35. The highest BCUT2D eigenvalue weighted by molar-refractivity contribution is 9.09. The SMILES string of the molecule is O=C1C=C(CBr)C(=O)C(CCC2=CC(=O)C=C(CBr)C2=O)=C1. The Morgan fingerprint density at radius 2 is 0.909 bits per heavy atom. The van der Waals surface area contributed by atoms with Crippen molar-refractivity contribution in [3.63, 3.8) is 0 Å². The second-order valence-corrected chi connectivity index (χ2v) is 6.03. The zero-order valence-electron chi connectivity index (χ0n) is 11.5. The Morgan fingerprint density at radius 1 is 0.591 bits per heavy atom. The summed E-state index contributed by atoms with van der Waals surface area (Å²) in [6.45, 7) is 0. The summed E-state index contributed by atoms with van der Waals surface area (Å²) in [5, 5.41) is 0.622. The number of Topliss-reactive ketones (excluding diaryl/α,β-unsaturated/α-hetero) is 2. The first-order valence-corrected chi connectivity index (χ1v) is 8.82. The number of alkyl halides is 2. The lowest BCUT2D eigenvalue weighted by Gasteiger charge is -2.15. The van der Waals surface area contributed by atoms with Crippen LogP contribution in [0.5, 0.6) is 0 Å². The minimum Gasteiger partial charge on any atom is -0.290 e. The van der Waals surface area contributed by atoms with E-state index in [-0.39, 0.29) is 36.0 Å². The van der Waals surface area contributed by atoms with E-state index in [9.17, 15) is 19.2 Å². The average molecular weight is 428 g/mol. The fraction of sp³-hybridized carbons (Fsp3) is 0.250. The van der Waals surface area contributed by atoms with E-state index in [0.29, 0.717) is 33.0 Å². The Kier molecular flexibility index (Phi) is 5.58. The summed E-state index contributed by atoms with van der Waals surface area (Å²) in [6.07, 6.45) is 5.73. The van der Waals surface area contributed by atoms with E-state index < -0.39 is 0 Å². The topological polar surface area (TPSA) is 68.3 Å². The minimum absolute atomic E-state index is 0.192. The Morgan fingerprint density at radius 3 is 1.23 bits per heavy atom. The van der Waals surface area contributed by atoms with E-state index in [2.05, 4.69) is 31.9 Å². The lowest BCUT2D eigenvalue weighted by molar-refractivity contribution is -0.115. The van der Waals surface area contributed by atoms with Crippen LogP contribution in [0.2, 0.25) is 0 Å². The van der Waals surface area contributed by atoms with Crippen LogP contribution >= 0.6 is 31.9 Å². The normalized spacial score (nSPS) is 18.8. The van der Waals surface area contributed by atoms with Gasteiger partial charge in [0.05, 0.1) is 0 Å². The molecule has 0 saturated heterocycles. The maximum atomic E-state index is 12.1. The van der Waals surface area contributed by atoms with Crippen molar-refractivity contribution in [2.75, 3.05) is 10.7 Å². The van der Waals surface area contributed by atoms with Crippen molar-refractivity contribution in [1.29, 1.82) is 0 Å². The fourth-order valence-electron chi connectivity index (χ4n) is 2.28. The van der Waals surface area contributed by atoms with Gasteiger partial charge >= 0.3 is 0 Å². The molecule has 0 aliphatic heterocycles. The number of ketones is 4. The van der Waals surface area contributed by atoms with Crippen LogP contribution in [0.15, 0.2) is 46.6 Å². The number of hydrogen-bond acceptors (Lipinski definition) is 4. The molecule has 0 saturated carbocycles. The van der Waals surface area contributed by atoms with Crippen molar-refractivity contribution in [1.82, 2.24) is 0 Å². The van der Waals surface area contributed by atoms with Crippen LogP contribution < -0.4 is 0 Å². The second-order valence-electron chi connectivity index (χ2n) is 4.91. The van der Waals surface area contributed by atoms with E-state index in [1.807, 2.05) is 0 Å². The van der Waals surface area contributed by atoms with Crippen LogP contribution in [0.4, 0.5) is 0 Å². The maximum Gasteiger partial charge on any atom is 0.186 e. The minimum atomic E-state index is -0.231. The molecule has 0 amide bonds. The first-order valence-electron chi connectivity index (χ1n) is 6.57. The number of hydrogen-bond donors (Lipinski definition) is 0. The average Bonchev–Trinajstić information content (AvgIpc) is 2.50. The molecule has 6 heteroatoms. The molecular weight excluding hydrogens is 416 g/mol. The molecule has 2 aliphatic carbocycles. The summed E-state index contributed by atoms with van der Waals surface area (Å²) in [6, 6.07) is 0. The molecule has 0 fully saturated rings. The summed E-state index contributed by atoms with van der Waals surface area (Å²) in [7, 11) is 0. The van der Waals surface area contributed by atoms with Crippen molar-refractivity contribution in [2.45, 2.75) is 12.8 Å². The largest absolute Gasteiger partial charge is 0.290 e. The van der Waals surface area contributed by atoms with Crippen molar-refractivity contribution in [3.8, 4) is 0 Å². The van der Waals surface area contributed by atoms with Gasteiger partial charge in [-0.2, -0.15) is 0 Å². The predicted octanol–water partition coefficient (Wildman–Crippen LogP) is 2.57. The third kappa shape index (κ3) is 3.67. The van der Waals surface area contributed by atoms with Gasteiger partial charge in [-0.15, -0.1) is 0 Å². The number of carbonyl (C=O) groups excluding carboxylic acids is 4. The molecule has 0 unspecified atom stereocenters. The van der Waals surface area contributed by atoms with Gasteiger partial charge in [0.25, 0.3) is 0 Å². The smallest absolute Gasteiger partial charge is 0.186 e. The summed E-state index contributed by atoms with van der Waals surface area (Å²) in [4.78, 5) is 47.4. The van der Waals surface area contributed by atoms with Gasteiger partial charge < -0.3 is 0 Å². The summed E-state index contributed by atoms with van der Waals surface area (Å²) in [5.74, 6) is -0.846. The highest BCUT2D eigenvalue weighted by atomic mass is 79.9. The van der Waals surface area contributed by atoms with Gasteiger partial charge in [-0.05, 0) is 37.1 Å². The lowest BCUT2D eigenvalue weighted by atomic mass is 9.88. The highest BCUT2D eigenvalue weighted by Crippen LogP contribution is 2.24. The maximum absolute atomic E-state index is 12.1. The molecule has 0 aromatic carbocycles. The van der Waals surface area contributed by atoms with E-state index in [1.54, 1.807) is 0 Å². The molecule has 2 rings (SSSR count). The second kappa shape index (κ2) is 7.24. The van der Waals surface area contributed by atoms with Gasteiger partial charge in [0, 0.05) is 33.0 Å². The van der Waals surface area contributed by atoms with Gasteiger partial charge in [0.2, 0.25) is 0 Å². The summed E-state index contributed by atoms with van der Waals surface area (Å²) in [5.41, 5.74) is 1.56. The molecule has 4 nitrogen and oxygen atoms in total. The number of allylic oxidation sites excluding steroid dienone is 8. The third-order valence-corrected chi connectivity index (χ3v) is 4.59. The highest BCUT2D eigenvalue weighted by Gasteiger charge is 2.24. The Balaban J connectivity index is 2.11. The Labute approximate surface area is 144 Å². The standard InChI is InChI=1S/C16H12Br2O4/c17-7-11-5-13(19)3-9(15(11)21)1-2-10-4-14(20)6-12(8-18)16(10)22/h3-6H,1-2,7-8H2. The molecule has 114 valence electrons. The first-order chi connectivity index (χ1) is 10.5. The van der Waals surface area contributed by atoms with E-state index in [1.165, 1.54) is 24.3 Å². The van der Waals surface area contributed by atoms with E-state index in [4.69, 9.17) is 0 Å². The van der Waals surface area contributed by atoms with Crippen molar-refractivity contribution < 1.29 is 19.2 Å². The van der Waals surface area contributed by atoms with Crippen molar-refractivity contribution in [2.24, 2.45) is 0 Å². The van der Waals surface area contributed by atoms with Crippen LogP contribution in [0.3, 0.4) is 0 Å². The fourth-order valence-corrected chi connectivity index (χ4v) is 3.12. The molecule has 0 atom stereocenters. The van der Waals surface area contributed by atoms with Crippen LogP contribution in [-0.2, 0) is 19.2 Å². The molecule has 0 N–H and O–H groups in total. The number of rotatable bonds is 5. The van der Waals surface area contributed by atoms with Crippen LogP contribution in [0.25, 0.3) is 0 Å². The molecule has 22 heavy (non-hydrogen) atoms. The summed E-state index contributed by atoms with van der Waals surface area (Å²) < 4.78 is 0. The Hall–Kier alpha value is -1.40. The molecule has 2 aliphatic rings. The molecule has 0 radical (unpaired) electrons. The van der Waals surface area contributed by atoms with Crippen LogP contribution in [0.1, 0.15) is 12.8 Å². The molecule has 0 heterocycles. The van der Waals surface area contributed by atoms with Gasteiger partial charge in [-0.25, -0.2) is 0 Å². The van der Waals surface area contributed by atoms with Crippen molar-refractivity contribution >= 4 is 55.0 Å². The monoisotopic (exact) mass is 426 g/mol. The lowest BCUT2D eigenvalue weighted by Crippen LogP contribution is -2.18. The molecule has 0 aromatic heterocycles. The van der Waals surface area contributed by atoms with Gasteiger partial charge in [-0.1, -0.05) is 31.9 Å². The molecule has 0 spiro atoms. The van der Waals surface area contributed by atoms with Gasteiger partial charge in [-0.3, -0.25) is 19.2 Å². The zero-order chi connectivity index (χ0) is 16.3. The van der Waals surface area contributed by atoms with Gasteiger partial charge in [0.1, 0.15) is 0 Å². The number of carbonyl (C=O) groups is 4. The van der Waals surface area contributed by atoms with E-state index >= 15 is 0 Å². The molecular formula is C16H12Br2O4. The Bertz CT molecular complexity index is 633. The number of halogens is 2. The zero-order valence-corrected chi connectivity index (χ0v) is 14.7. The predicted molar refractivity (Wildman–Crippen MR) is 89.2 cm³/mol. The molecule has 0 aromatic rings. The molecule has 0 bridgehead atoms. The van der Waals surface area contributed by atoms with Crippen LogP contribution in [-0.4, -0.2) is 33.8 Å². The first kappa shape index (κ1) is 17.0. The van der Waals surface area contributed by atoms with Crippen LogP contribution in [0, 0.1) is 0 Å². The quantitative estimate of drug-likeness (QED) is 0.499.